The summed E-state index contributed by atoms with van der Waals surface area (Å²) in [5.74, 6) is 0.290. The molecule has 134 valence electrons. The smallest absolute Gasteiger partial charge is 0.0595 e. The third-order valence-corrected chi connectivity index (χ3v) is 6.03. The van der Waals surface area contributed by atoms with Gasteiger partial charge in [-0.05, 0) is 37.6 Å². The van der Waals surface area contributed by atoms with E-state index in [2.05, 4.69) is 22.9 Å². The molecule has 2 heterocycles. The Hall–Kier alpha value is -0.360. The summed E-state index contributed by atoms with van der Waals surface area (Å²) in [6.45, 7) is 5.36. The minimum Gasteiger partial charge on any atom is -0.393 e. The van der Waals surface area contributed by atoms with Gasteiger partial charge in [0.25, 0.3) is 0 Å². The minimum absolute atomic E-state index is 0.221. The van der Waals surface area contributed by atoms with Crippen molar-refractivity contribution in [3.63, 3.8) is 0 Å². The Morgan fingerprint density at radius 3 is 2.67 bits per heavy atom. The molecule has 0 spiro atoms. The first-order valence-electron chi connectivity index (χ1n) is 8.68. The number of hydrogen-bond donors (Lipinski definition) is 1. The fourth-order valence-corrected chi connectivity index (χ4v) is 4.13. The van der Waals surface area contributed by atoms with Gasteiger partial charge in [0.2, 0.25) is 0 Å². The lowest BCUT2D eigenvalue weighted by Crippen LogP contribution is -2.49. The summed E-state index contributed by atoms with van der Waals surface area (Å²) in [6.07, 6.45) is 1.42. The lowest BCUT2D eigenvalue weighted by molar-refractivity contribution is 0.0134. The van der Waals surface area contributed by atoms with Crippen LogP contribution in [0.15, 0.2) is 18.2 Å². The third-order valence-electron chi connectivity index (χ3n) is 5.29. The molecule has 3 atom stereocenters. The zero-order valence-corrected chi connectivity index (χ0v) is 15.6. The first-order chi connectivity index (χ1) is 11.5. The van der Waals surface area contributed by atoms with Gasteiger partial charge in [0.15, 0.2) is 0 Å². The number of morpholine rings is 1. The molecule has 3 rings (SSSR count). The summed E-state index contributed by atoms with van der Waals surface area (Å²) >= 11 is 12.4. The molecule has 1 aromatic rings. The second-order valence-electron chi connectivity index (χ2n) is 6.92. The molecule has 2 fully saturated rings. The molecule has 0 amide bonds. The average Bonchev–Trinajstić information content (AvgIpc) is 2.59. The number of likely N-dealkylation sites (N-methyl/N-ethyl adjacent to an activating group) is 1. The molecule has 24 heavy (non-hydrogen) atoms. The number of nitrogens with zero attached hydrogens (tertiary/aromatic N) is 2. The van der Waals surface area contributed by atoms with Gasteiger partial charge in [-0.3, -0.25) is 4.90 Å². The third kappa shape index (κ3) is 4.43. The topological polar surface area (TPSA) is 35.9 Å². The van der Waals surface area contributed by atoms with Crippen molar-refractivity contribution in [2.75, 3.05) is 46.4 Å². The van der Waals surface area contributed by atoms with E-state index in [4.69, 9.17) is 27.9 Å². The predicted octanol–water partition coefficient (Wildman–Crippen LogP) is 2.86. The Bertz CT molecular complexity index is 552. The monoisotopic (exact) mass is 372 g/mol. The molecule has 0 aliphatic carbocycles. The Balaban J connectivity index is 1.85. The van der Waals surface area contributed by atoms with E-state index in [1.54, 1.807) is 0 Å². The summed E-state index contributed by atoms with van der Waals surface area (Å²) < 4.78 is 5.47. The van der Waals surface area contributed by atoms with Gasteiger partial charge in [-0.1, -0.05) is 29.3 Å². The second-order valence-corrected chi connectivity index (χ2v) is 7.73. The zero-order valence-electron chi connectivity index (χ0n) is 14.1. The number of aliphatic hydroxyl groups excluding tert-OH is 1. The van der Waals surface area contributed by atoms with Crippen LogP contribution in [0.1, 0.15) is 24.3 Å². The second kappa shape index (κ2) is 8.35. The van der Waals surface area contributed by atoms with Crippen molar-refractivity contribution in [3.8, 4) is 0 Å². The molecular formula is C18H26Cl2N2O2. The van der Waals surface area contributed by atoms with Crippen LogP contribution in [0.25, 0.3) is 0 Å². The van der Waals surface area contributed by atoms with Crippen molar-refractivity contribution < 1.29 is 9.84 Å². The van der Waals surface area contributed by atoms with Crippen molar-refractivity contribution >= 4 is 23.2 Å². The number of aliphatic hydroxyl groups is 1. The number of likely N-dealkylation sites (tertiary alicyclic amines) is 1. The van der Waals surface area contributed by atoms with Crippen LogP contribution >= 0.6 is 23.2 Å². The minimum atomic E-state index is -0.221. The molecule has 0 radical (unpaired) electrons. The molecule has 1 N–H and O–H groups in total. The Morgan fingerprint density at radius 1 is 1.21 bits per heavy atom. The summed E-state index contributed by atoms with van der Waals surface area (Å²) in [4.78, 5) is 4.83. The molecular weight excluding hydrogens is 347 g/mol. The summed E-state index contributed by atoms with van der Waals surface area (Å²) in [7, 11) is 2.15. The van der Waals surface area contributed by atoms with Gasteiger partial charge < -0.3 is 14.7 Å². The van der Waals surface area contributed by atoms with Crippen molar-refractivity contribution in [1.82, 2.24) is 9.80 Å². The van der Waals surface area contributed by atoms with Gasteiger partial charge >= 0.3 is 0 Å². The van der Waals surface area contributed by atoms with Crippen molar-refractivity contribution in [1.29, 1.82) is 0 Å². The van der Waals surface area contributed by atoms with E-state index in [1.807, 2.05) is 12.1 Å². The van der Waals surface area contributed by atoms with Crippen molar-refractivity contribution in [2.24, 2.45) is 0 Å². The standard InChI is InChI=1S/C18H26Cl2N2O2/c1-21-5-4-14(23)11-18(21)15(12-22-6-8-24-9-7-22)13-2-3-16(19)17(20)10-13/h2-3,10,14-15,18,23H,4-9,11-12H2,1H3. The Kier molecular flexibility index (Phi) is 6.41. The van der Waals surface area contributed by atoms with E-state index in [9.17, 15) is 5.11 Å². The fraction of sp³-hybridized carbons (Fsp3) is 0.667. The number of rotatable bonds is 4. The zero-order chi connectivity index (χ0) is 17.1. The maximum absolute atomic E-state index is 10.2. The van der Waals surface area contributed by atoms with Gasteiger partial charge in [-0.2, -0.15) is 0 Å². The van der Waals surface area contributed by atoms with Crippen LogP contribution in [0.4, 0.5) is 0 Å². The van der Waals surface area contributed by atoms with E-state index >= 15 is 0 Å². The number of piperidine rings is 1. The van der Waals surface area contributed by atoms with Gasteiger partial charge in [0, 0.05) is 38.1 Å². The highest BCUT2D eigenvalue weighted by Crippen LogP contribution is 2.34. The molecule has 2 saturated heterocycles. The fourth-order valence-electron chi connectivity index (χ4n) is 3.82. The Morgan fingerprint density at radius 2 is 1.96 bits per heavy atom. The van der Waals surface area contributed by atoms with E-state index in [1.165, 1.54) is 5.56 Å². The number of ether oxygens (including phenoxy) is 1. The molecule has 0 saturated carbocycles. The molecule has 4 nitrogen and oxygen atoms in total. The summed E-state index contributed by atoms with van der Waals surface area (Å²) in [5.41, 5.74) is 1.20. The molecule has 2 aliphatic heterocycles. The molecule has 0 aromatic heterocycles. The van der Waals surface area contributed by atoms with Crippen LogP contribution in [0.3, 0.4) is 0 Å². The van der Waals surface area contributed by atoms with Gasteiger partial charge in [-0.15, -0.1) is 0 Å². The first kappa shape index (κ1) is 18.4. The highest BCUT2D eigenvalue weighted by atomic mass is 35.5. The molecule has 2 aliphatic rings. The van der Waals surface area contributed by atoms with Crippen LogP contribution in [0, 0.1) is 0 Å². The van der Waals surface area contributed by atoms with Crippen LogP contribution in [0.2, 0.25) is 10.0 Å². The van der Waals surface area contributed by atoms with Crippen molar-refractivity contribution in [2.45, 2.75) is 30.9 Å². The van der Waals surface area contributed by atoms with E-state index in [0.29, 0.717) is 16.1 Å². The van der Waals surface area contributed by atoms with Crippen LogP contribution in [-0.2, 0) is 4.74 Å². The van der Waals surface area contributed by atoms with Gasteiger partial charge in [0.1, 0.15) is 0 Å². The van der Waals surface area contributed by atoms with Crippen LogP contribution in [0.5, 0.6) is 0 Å². The number of halogens is 2. The lowest BCUT2D eigenvalue weighted by atomic mass is 9.84. The van der Waals surface area contributed by atoms with Gasteiger partial charge in [0.05, 0.1) is 29.4 Å². The van der Waals surface area contributed by atoms with Crippen LogP contribution in [-0.4, -0.2) is 73.5 Å². The molecule has 0 bridgehead atoms. The highest BCUT2D eigenvalue weighted by Gasteiger charge is 2.34. The summed E-state index contributed by atoms with van der Waals surface area (Å²) in [6, 6.07) is 6.25. The van der Waals surface area contributed by atoms with Gasteiger partial charge in [-0.25, -0.2) is 0 Å². The lowest BCUT2D eigenvalue weighted by Gasteiger charge is -2.42. The molecule has 1 aromatic carbocycles. The predicted molar refractivity (Wildman–Crippen MR) is 98.1 cm³/mol. The number of benzene rings is 1. The Labute approximate surface area is 154 Å². The maximum Gasteiger partial charge on any atom is 0.0595 e. The highest BCUT2D eigenvalue weighted by molar-refractivity contribution is 6.42. The average molecular weight is 373 g/mol. The SMILES string of the molecule is CN1CCC(O)CC1C(CN1CCOCC1)c1ccc(Cl)c(Cl)c1. The van der Waals surface area contributed by atoms with Crippen molar-refractivity contribution in [3.05, 3.63) is 33.8 Å². The quantitative estimate of drug-likeness (QED) is 0.881. The number of hydrogen-bond acceptors (Lipinski definition) is 4. The van der Waals surface area contributed by atoms with E-state index in [-0.39, 0.29) is 12.0 Å². The maximum atomic E-state index is 10.2. The molecule has 6 heteroatoms. The van der Waals surface area contributed by atoms with E-state index < -0.39 is 0 Å². The molecule has 3 unspecified atom stereocenters. The summed E-state index contributed by atoms with van der Waals surface area (Å²) in [5, 5.41) is 11.4. The van der Waals surface area contributed by atoms with E-state index in [0.717, 1.165) is 52.2 Å². The van der Waals surface area contributed by atoms with Crippen LogP contribution < -0.4 is 0 Å². The largest absolute Gasteiger partial charge is 0.393 e. The first-order valence-corrected chi connectivity index (χ1v) is 9.43. The normalized spacial score (nSPS) is 28.0.